The lowest BCUT2D eigenvalue weighted by molar-refractivity contribution is -0.134. The molecular formula is C32H36N2O6. The molecule has 3 aromatic carbocycles. The number of fused-ring (bicyclic) bond motifs is 12. The molecule has 0 aliphatic carbocycles. The van der Waals surface area contributed by atoms with Crippen molar-refractivity contribution < 1.29 is 28.5 Å². The van der Waals surface area contributed by atoms with E-state index >= 15 is 0 Å². The van der Waals surface area contributed by atoms with E-state index in [2.05, 4.69) is 29.2 Å². The number of nitrogens with zero attached hydrogens (tertiary/aromatic N) is 2. The molecular weight excluding hydrogens is 508 g/mol. The second kappa shape index (κ2) is 11.8. The fraction of sp³-hybridized carbons (Fsp3) is 0.406. The second-order valence-electron chi connectivity index (χ2n) is 10.4. The van der Waals surface area contributed by atoms with Gasteiger partial charge in [-0.25, -0.2) is 0 Å². The standard InChI is InChI=1S/C32H36N2O6/c1-36-29-18-24-9-11-34-31(35)21-33(20-22-3-8-28-25(17-22)10-13-40-28)12-14-38-15-16-39-26-6-4-23(5-7-26)32(34)27(24)19-30(29)37-2/h3-8,17-19,32H,9-16,20-21H2,1-2H3. The van der Waals surface area contributed by atoms with Crippen molar-refractivity contribution in [3.63, 3.8) is 0 Å². The molecule has 3 aromatic rings. The lowest BCUT2D eigenvalue weighted by atomic mass is 9.87. The van der Waals surface area contributed by atoms with E-state index in [0.717, 1.165) is 47.6 Å². The Balaban J connectivity index is 1.33. The first kappa shape index (κ1) is 26.5. The van der Waals surface area contributed by atoms with Crippen molar-refractivity contribution in [3.8, 4) is 23.0 Å². The van der Waals surface area contributed by atoms with Gasteiger partial charge in [0.05, 0.1) is 46.6 Å². The minimum atomic E-state index is -0.245. The molecule has 40 heavy (non-hydrogen) atoms. The van der Waals surface area contributed by atoms with Gasteiger partial charge >= 0.3 is 0 Å². The van der Waals surface area contributed by atoms with Crippen LogP contribution in [0.15, 0.2) is 54.6 Å². The molecule has 1 atom stereocenters. The molecule has 210 valence electrons. The normalized spacial score (nSPS) is 19.4. The Bertz CT molecular complexity index is 1360. The first-order valence-electron chi connectivity index (χ1n) is 13.9. The van der Waals surface area contributed by atoms with Crippen molar-refractivity contribution in [2.75, 3.05) is 60.3 Å². The Morgan fingerprint density at radius 1 is 0.825 bits per heavy atom. The number of ether oxygens (including phenoxy) is 5. The molecule has 0 N–H and O–H groups in total. The van der Waals surface area contributed by atoms with Crippen molar-refractivity contribution in [2.45, 2.75) is 25.4 Å². The first-order chi connectivity index (χ1) is 19.6. The highest BCUT2D eigenvalue weighted by Gasteiger charge is 2.34. The number of hydrogen-bond donors (Lipinski definition) is 0. The fourth-order valence-corrected chi connectivity index (χ4v) is 5.93. The van der Waals surface area contributed by atoms with Crippen LogP contribution in [0.2, 0.25) is 0 Å². The summed E-state index contributed by atoms with van der Waals surface area (Å²) >= 11 is 0. The number of carbonyl (C=O) groups excluding carboxylic acids is 1. The molecule has 8 nitrogen and oxygen atoms in total. The van der Waals surface area contributed by atoms with Crippen LogP contribution in [-0.4, -0.2) is 76.0 Å². The maximum Gasteiger partial charge on any atom is 0.237 e. The van der Waals surface area contributed by atoms with E-state index in [4.69, 9.17) is 23.7 Å². The van der Waals surface area contributed by atoms with Crippen LogP contribution in [0.25, 0.3) is 0 Å². The Morgan fingerprint density at radius 3 is 2.48 bits per heavy atom. The molecule has 0 spiro atoms. The lowest BCUT2D eigenvalue weighted by Gasteiger charge is -2.39. The number of carbonyl (C=O) groups is 1. The van der Waals surface area contributed by atoms with Crippen molar-refractivity contribution in [3.05, 3.63) is 82.4 Å². The Kier molecular flexibility index (Phi) is 7.80. The van der Waals surface area contributed by atoms with Crippen molar-refractivity contribution in [2.24, 2.45) is 0 Å². The van der Waals surface area contributed by atoms with Crippen LogP contribution in [0.5, 0.6) is 23.0 Å². The first-order valence-corrected chi connectivity index (χ1v) is 13.9. The van der Waals surface area contributed by atoms with E-state index in [0.29, 0.717) is 57.5 Å². The van der Waals surface area contributed by atoms with Crippen LogP contribution in [0.4, 0.5) is 0 Å². The van der Waals surface area contributed by atoms with Gasteiger partial charge in [0.1, 0.15) is 18.1 Å². The highest BCUT2D eigenvalue weighted by atomic mass is 16.5. The summed E-state index contributed by atoms with van der Waals surface area (Å²) in [7, 11) is 3.29. The Morgan fingerprint density at radius 2 is 1.65 bits per heavy atom. The van der Waals surface area contributed by atoms with Crippen molar-refractivity contribution in [1.82, 2.24) is 9.80 Å². The van der Waals surface area contributed by atoms with Crippen molar-refractivity contribution in [1.29, 1.82) is 0 Å². The van der Waals surface area contributed by atoms with Crippen LogP contribution in [0.1, 0.15) is 33.9 Å². The van der Waals surface area contributed by atoms with Crippen LogP contribution < -0.4 is 18.9 Å². The van der Waals surface area contributed by atoms with Gasteiger partial charge in [-0.1, -0.05) is 24.3 Å². The topological polar surface area (TPSA) is 69.7 Å². The number of amides is 1. The average molecular weight is 545 g/mol. The molecule has 2 bridgehead atoms. The molecule has 0 fully saturated rings. The average Bonchev–Trinajstić information content (AvgIpc) is 3.45. The predicted octanol–water partition coefficient (Wildman–Crippen LogP) is 4.02. The molecule has 0 saturated carbocycles. The Labute approximate surface area is 235 Å². The quantitative estimate of drug-likeness (QED) is 0.460. The van der Waals surface area contributed by atoms with Gasteiger partial charge in [-0.3, -0.25) is 9.69 Å². The van der Waals surface area contributed by atoms with Crippen molar-refractivity contribution >= 4 is 5.91 Å². The SMILES string of the molecule is COc1cc2c(cc1OC)C1c3ccc(cc3)OCCOCCN(Cc3ccc4c(c3)CCO4)CC(=O)N1CC2. The monoisotopic (exact) mass is 544 g/mol. The van der Waals surface area contributed by atoms with Crippen LogP contribution >= 0.6 is 0 Å². The summed E-state index contributed by atoms with van der Waals surface area (Å²) in [6.45, 7) is 4.42. The zero-order valence-corrected chi connectivity index (χ0v) is 23.2. The minimum absolute atomic E-state index is 0.0881. The minimum Gasteiger partial charge on any atom is -0.493 e. The maximum atomic E-state index is 14.1. The van der Waals surface area contributed by atoms with E-state index < -0.39 is 0 Å². The highest BCUT2D eigenvalue weighted by Crippen LogP contribution is 2.41. The van der Waals surface area contributed by atoms with Gasteiger partial charge in [-0.2, -0.15) is 0 Å². The summed E-state index contributed by atoms with van der Waals surface area (Å²) in [6, 6.07) is 18.2. The largest absolute Gasteiger partial charge is 0.493 e. The molecule has 1 amide bonds. The number of benzene rings is 3. The molecule has 7 rings (SSSR count). The zero-order valence-electron chi connectivity index (χ0n) is 23.2. The molecule has 8 heteroatoms. The third kappa shape index (κ3) is 5.46. The molecule has 4 aliphatic heterocycles. The van der Waals surface area contributed by atoms with Crippen LogP contribution in [0, 0.1) is 0 Å². The summed E-state index contributed by atoms with van der Waals surface area (Å²) in [6.07, 6.45) is 1.67. The summed E-state index contributed by atoms with van der Waals surface area (Å²) in [4.78, 5) is 18.3. The number of hydrogen-bond acceptors (Lipinski definition) is 7. The lowest BCUT2D eigenvalue weighted by Crippen LogP contribution is -2.46. The Hall–Kier alpha value is -3.75. The van der Waals surface area contributed by atoms with Gasteiger partial charge in [0.2, 0.25) is 5.91 Å². The molecule has 0 aromatic heterocycles. The molecule has 1 unspecified atom stereocenters. The molecule has 0 radical (unpaired) electrons. The fourth-order valence-electron chi connectivity index (χ4n) is 5.93. The molecule has 4 heterocycles. The maximum absolute atomic E-state index is 14.1. The van der Waals surface area contributed by atoms with Gasteiger partial charge in [0, 0.05) is 26.1 Å². The zero-order chi connectivity index (χ0) is 27.5. The highest BCUT2D eigenvalue weighted by molar-refractivity contribution is 5.80. The van der Waals surface area contributed by atoms with E-state index in [1.165, 1.54) is 11.1 Å². The van der Waals surface area contributed by atoms with Gasteiger partial charge in [-0.15, -0.1) is 0 Å². The summed E-state index contributed by atoms with van der Waals surface area (Å²) in [5.74, 6) is 3.20. The van der Waals surface area contributed by atoms with Crippen LogP contribution in [-0.2, 0) is 28.9 Å². The van der Waals surface area contributed by atoms with E-state index in [1.54, 1.807) is 14.2 Å². The van der Waals surface area contributed by atoms with Crippen LogP contribution in [0.3, 0.4) is 0 Å². The third-order valence-electron chi connectivity index (χ3n) is 7.96. The third-order valence-corrected chi connectivity index (χ3v) is 7.96. The summed E-state index contributed by atoms with van der Waals surface area (Å²) in [5.41, 5.74) is 5.66. The summed E-state index contributed by atoms with van der Waals surface area (Å²) in [5, 5.41) is 0. The molecule has 4 aliphatic rings. The van der Waals surface area contributed by atoms with Gasteiger partial charge in [-0.05, 0) is 64.6 Å². The summed E-state index contributed by atoms with van der Waals surface area (Å²) < 4.78 is 28.7. The van der Waals surface area contributed by atoms with E-state index in [9.17, 15) is 4.79 Å². The van der Waals surface area contributed by atoms with Gasteiger partial charge in [0.25, 0.3) is 0 Å². The van der Waals surface area contributed by atoms with Gasteiger partial charge < -0.3 is 28.6 Å². The van der Waals surface area contributed by atoms with Gasteiger partial charge in [0.15, 0.2) is 11.5 Å². The molecule has 0 saturated heterocycles. The second-order valence-corrected chi connectivity index (χ2v) is 10.4. The van der Waals surface area contributed by atoms with E-state index in [1.807, 2.05) is 35.2 Å². The van der Waals surface area contributed by atoms with E-state index in [-0.39, 0.29) is 11.9 Å². The number of methoxy groups -OCH3 is 2. The number of rotatable bonds is 4. The smallest absolute Gasteiger partial charge is 0.237 e. The predicted molar refractivity (Wildman–Crippen MR) is 150 cm³/mol.